The number of likely N-dealkylation sites (tertiary alicyclic amines) is 1. The van der Waals surface area contributed by atoms with Gasteiger partial charge in [0, 0.05) is 12.2 Å². The van der Waals surface area contributed by atoms with Crippen LogP contribution in [0.3, 0.4) is 0 Å². The molecule has 1 aromatic heterocycles. The molecule has 1 fully saturated rings. The summed E-state index contributed by atoms with van der Waals surface area (Å²) in [5.41, 5.74) is 4.54. The van der Waals surface area contributed by atoms with E-state index in [0.717, 1.165) is 40.9 Å². The molecule has 2 heterocycles. The Morgan fingerprint density at radius 3 is 2.50 bits per heavy atom. The number of benzene rings is 2. The van der Waals surface area contributed by atoms with Crippen LogP contribution in [0.15, 0.2) is 54.6 Å². The Morgan fingerprint density at radius 1 is 1.03 bits per heavy atom. The minimum absolute atomic E-state index is 0.0614. The smallest absolute Gasteiger partial charge is 0.227 e. The number of aryl methyl sites for hydroxylation is 1. The average molecular weight is 435 g/mol. The van der Waals surface area contributed by atoms with Gasteiger partial charge < -0.3 is 14.4 Å². The van der Waals surface area contributed by atoms with Crippen molar-refractivity contribution in [2.24, 2.45) is 0 Å². The maximum absolute atomic E-state index is 13.3. The standard InChI is InChI=1S/C26H27FN2O3/c1-17-13-20(19-7-9-21(27)10-8-19)16-22(28-17)23-5-4-12-29(23)26(30)15-18-6-11-24(31-2)25(14-18)32-3/h6-11,13-14,16,23H,4-5,12,15H2,1-3H3. The maximum Gasteiger partial charge on any atom is 0.227 e. The number of hydrogen-bond acceptors (Lipinski definition) is 4. The molecule has 1 amide bonds. The summed E-state index contributed by atoms with van der Waals surface area (Å²) in [6, 6.07) is 15.9. The van der Waals surface area contributed by atoms with Crippen molar-refractivity contribution in [1.82, 2.24) is 9.88 Å². The molecule has 1 unspecified atom stereocenters. The van der Waals surface area contributed by atoms with Gasteiger partial charge in [-0.05, 0) is 72.9 Å². The summed E-state index contributed by atoms with van der Waals surface area (Å²) in [5.74, 6) is 1.05. The van der Waals surface area contributed by atoms with E-state index < -0.39 is 0 Å². The van der Waals surface area contributed by atoms with Gasteiger partial charge in [-0.3, -0.25) is 9.78 Å². The number of nitrogens with zero attached hydrogens (tertiary/aromatic N) is 2. The zero-order valence-electron chi connectivity index (χ0n) is 18.6. The molecule has 1 aliphatic heterocycles. The van der Waals surface area contributed by atoms with Crippen molar-refractivity contribution in [3.05, 3.63) is 77.4 Å². The Bertz CT molecular complexity index is 1110. The van der Waals surface area contributed by atoms with Crippen LogP contribution in [-0.2, 0) is 11.2 Å². The van der Waals surface area contributed by atoms with Crippen LogP contribution < -0.4 is 9.47 Å². The van der Waals surface area contributed by atoms with Crippen molar-refractivity contribution in [2.45, 2.75) is 32.2 Å². The van der Waals surface area contributed by atoms with Gasteiger partial charge in [0.25, 0.3) is 0 Å². The minimum Gasteiger partial charge on any atom is -0.493 e. The lowest BCUT2D eigenvalue weighted by Crippen LogP contribution is -2.32. The Hall–Kier alpha value is -3.41. The van der Waals surface area contributed by atoms with E-state index in [-0.39, 0.29) is 24.2 Å². The van der Waals surface area contributed by atoms with E-state index in [9.17, 15) is 9.18 Å². The van der Waals surface area contributed by atoms with Crippen molar-refractivity contribution >= 4 is 5.91 Å². The lowest BCUT2D eigenvalue weighted by Gasteiger charge is -2.25. The third-order valence-electron chi connectivity index (χ3n) is 5.87. The van der Waals surface area contributed by atoms with Gasteiger partial charge in [-0.25, -0.2) is 4.39 Å². The molecular weight excluding hydrogens is 407 g/mol. The molecule has 0 N–H and O–H groups in total. The molecule has 6 heteroatoms. The molecule has 0 bridgehead atoms. The zero-order chi connectivity index (χ0) is 22.7. The monoisotopic (exact) mass is 434 g/mol. The number of carbonyl (C=O) groups is 1. The second-order valence-electron chi connectivity index (χ2n) is 8.04. The number of pyridine rings is 1. The highest BCUT2D eigenvalue weighted by Gasteiger charge is 2.31. The normalized spacial score (nSPS) is 15.6. The van der Waals surface area contributed by atoms with E-state index in [1.807, 2.05) is 42.2 Å². The van der Waals surface area contributed by atoms with Gasteiger partial charge in [-0.15, -0.1) is 0 Å². The SMILES string of the molecule is COc1ccc(CC(=O)N2CCCC2c2cc(-c3ccc(F)cc3)cc(C)n2)cc1OC. The molecule has 0 aliphatic carbocycles. The number of aromatic nitrogens is 1. The van der Waals surface area contributed by atoms with Crippen LogP contribution in [0, 0.1) is 12.7 Å². The summed E-state index contributed by atoms with van der Waals surface area (Å²) in [5, 5.41) is 0. The number of methoxy groups -OCH3 is 2. The van der Waals surface area contributed by atoms with Gasteiger partial charge in [0.15, 0.2) is 11.5 Å². The molecule has 1 aliphatic rings. The number of hydrogen-bond donors (Lipinski definition) is 0. The molecule has 1 atom stereocenters. The number of rotatable bonds is 6. The highest BCUT2D eigenvalue weighted by Crippen LogP contribution is 2.34. The fourth-order valence-electron chi connectivity index (χ4n) is 4.31. The van der Waals surface area contributed by atoms with Crippen LogP contribution in [-0.4, -0.2) is 36.6 Å². The molecule has 1 saturated heterocycles. The summed E-state index contributed by atoms with van der Waals surface area (Å²) in [7, 11) is 3.18. The fourth-order valence-corrected chi connectivity index (χ4v) is 4.31. The molecule has 3 aromatic rings. The zero-order valence-corrected chi connectivity index (χ0v) is 18.6. The summed E-state index contributed by atoms with van der Waals surface area (Å²) in [6.45, 7) is 2.65. The summed E-state index contributed by atoms with van der Waals surface area (Å²) < 4.78 is 24.0. The summed E-state index contributed by atoms with van der Waals surface area (Å²) >= 11 is 0. The van der Waals surface area contributed by atoms with Crippen molar-refractivity contribution in [2.75, 3.05) is 20.8 Å². The lowest BCUT2D eigenvalue weighted by molar-refractivity contribution is -0.131. The predicted molar refractivity (Wildman–Crippen MR) is 121 cm³/mol. The fraction of sp³-hybridized carbons (Fsp3) is 0.308. The number of halogens is 1. The maximum atomic E-state index is 13.3. The van der Waals surface area contributed by atoms with Crippen LogP contribution in [0.4, 0.5) is 4.39 Å². The largest absolute Gasteiger partial charge is 0.493 e. The molecule has 0 saturated carbocycles. The van der Waals surface area contributed by atoms with Crippen LogP contribution >= 0.6 is 0 Å². The van der Waals surface area contributed by atoms with Crippen LogP contribution in [0.1, 0.15) is 35.8 Å². The van der Waals surface area contributed by atoms with Crippen molar-refractivity contribution in [3.8, 4) is 22.6 Å². The lowest BCUT2D eigenvalue weighted by atomic mass is 10.0. The Morgan fingerprint density at radius 2 is 1.78 bits per heavy atom. The van der Waals surface area contributed by atoms with Crippen molar-refractivity contribution < 1.29 is 18.7 Å². The van der Waals surface area contributed by atoms with Crippen molar-refractivity contribution in [1.29, 1.82) is 0 Å². The van der Waals surface area contributed by atoms with Crippen LogP contribution in [0.2, 0.25) is 0 Å². The van der Waals surface area contributed by atoms with Gasteiger partial charge in [-0.2, -0.15) is 0 Å². The van der Waals surface area contributed by atoms with Crippen LogP contribution in [0.25, 0.3) is 11.1 Å². The third-order valence-corrected chi connectivity index (χ3v) is 5.87. The second-order valence-corrected chi connectivity index (χ2v) is 8.04. The van der Waals surface area contributed by atoms with Gasteiger partial charge in [-0.1, -0.05) is 18.2 Å². The molecule has 4 rings (SSSR count). The van der Waals surface area contributed by atoms with Crippen LogP contribution in [0.5, 0.6) is 11.5 Å². The quantitative estimate of drug-likeness (QED) is 0.540. The molecule has 32 heavy (non-hydrogen) atoms. The second kappa shape index (κ2) is 9.39. The first-order chi connectivity index (χ1) is 15.5. The van der Waals surface area contributed by atoms with E-state index in [0.29, 0.717) is 18.0 Å². The van der Waals surface area contributed by atoms with E-state index >= 15 is 0 Å². The van der Waals surface area contributed by atoms with E-state index in [1.165, 1.54) is 12.1 Å². The molecule has 0 radical (unpaired) electrons. The molecule has 0 spiro atoms. The van der Waals surface area contributed by atoms with E-state index in [1.54, 1.807) is 26.4 Å². The highest BCUT2D eigenvalue weighted by molar-refractivity contribution is 5.80. The Kier molecular flexibility index (Phi) is 6.40. The first-order valence-electron chi connectivity index (χ1n) is 10.7. The third kappa shape index (κ3) is 4.59. The van der Waals surface area contributed by atoms with Gasteiger partial charge in [0.05, 0.1) is 32.4 Å². The number of amides is 1. The van der Waals surface area contributed by atoms with Gasteiger partial charge in [0.2, 0.25) is 5.91 Å². The first-order valence-corrected chi connectivity index (χ1v) is 10.7. The Labute approximate surface area is 187 Å². The molecular formula is C26H27FN2O3. The van der Waals surface area contributed by atoms with Crippen molar-refractivity contribution in [3.63, 3.8) is 0 Å². The average Bonchev–Trinajstić information content (AvgIpc) is 3.29. The Balaban J connectivity index is 1.57. The molecule has 5 nitrogen and oxygen atoms in total. The van der Waals surface area contributed by atoms with Gasteiger partial charge >= 0.3 is 0 Å². The van der Waals surface area contributed by atoms with Gasteiger partial charge in [0.1, 0.15) is 5.82 Å². The summed E-state index contributed by atoms with van der Waals surface area (Å²) in [6.07, 6.45) is 2.09. The minimum atomic E-state index is -0.262. The highest BCUT2D eigenvalue weighted by atomic mass is 19.1. The van der Waals surface area contributed by atoms with E-state index in [4.69, 9.17) is 14.5 Å². The molecule has 2 aromatic carbocycles. The predicted octanol–water partition coefficient (Wildman–Crippen LogP) is 5.12. The summed E-state index contributed by atoms with van der Waals surface area (Å²) in [4.78, 5) is 19.9. The topological polar surface area (TPSA) is 51.7 Å². The number of carbonyl (C=O) groups excluding carboxylic acids is 1. The molecule has 166 valence electrons. The van der Waals surface area contributed by atoms with E-state index in [2.05, 4.69) is 0 Å². The first kappa shape index (κ1) is 21.8. The number of ether oxygens (including phenoxy) is 2.